The predicted octanol–water partition coefficient (Wildman–Crippen LogP) is 2.05. The molecule has 0 unspecified atom stereocenters. The molecule has 1 N–H and O–H groups in total. The van der Waals surface area contributed by atoms with Crippen molar-refractivity contribution in [3.63, 3.8) is 0 Å². The molecule has 0 radical (unpaired) electrons. The van der Waals surface area contributed by atoms with Crippen molar-refractivity contribution >= 4 is 35.1 Å². The van der Waals surface area contributed by atoms with Crippen LogP contribution in [0.15, 0.2) is 35.4 Å². The molecule has 1 aromatic carbocycles. The number of ether oxygens (including phenoxy) is 1. The summed E-state index contributed by atoms with van der Waals surface area (Å²) >= 11 is 1.09. The molecule has 0 aliphatic carbocycles. The highest BCUT2D eigenvalue weighted by Crippen LogP contribution is 2.40. The van der Waals surface area contributed by atoms with Gasteiger partial charge in [-0.05, 0) is 31.2 Å². The molecule has 1 fully saturated rings. The number of anilines is 1. The number of benzene rings is 1. The minimum absolute atomic E-state index is 0.204. The predicted molar refractivity (Wildman–Crippen MR) is 82.9 cm³/mol. The van der Waals surface area contributed by atoms with Gasteiger partial charge in [0.25, 0.3) is 0 Å². The third-order valence-corrected chi connectivity index (χ3v) is 4.19. The van der Waals surface area contributed by atoms with Crippen molar-refractivity contribution < 1.29 is 24.2 Å². The van der Waals surface area contributed by atoms with Crippen molar-refractivity contribution in [1.29, 1.82) is 0 Å². The van der Waals surface area contributed by atoms with Crippen LogP contribution in [0.2, 0.25) is 0 Å². The number of thioether (sulfide) groups is 1. The molecule has 0 spiro atoms. The summed E-state index contributed by atoms with van der Waals surface area (Å²) in [6.45, 7) is 1.38. The Morgan fingerprint density at radius 1 is 1.36 bits per heavy atom. The zero-order valence-corrected chi connectivity index (χ0v) is 12.9. The van der Waals surface area contributed by atoms with Crippen molar-refractivity contribution in [2.45, 2.75) is 18.6 Å². The van der Waals surface area contributed by atoms with E-state index in [4.69, 9.17) is 9.84 Å². The summed E-state index contributed by atoms with van der Waals surface area (Å²) in [5, 5.41) is 8.61. The summed E-state index contributed by atoms with van der Waals surface area (Å²) in [5.74, 6) is -0.957. The van der Waals surface area contributed by atoms with E-state index in [-0.39, 0.29) is 18.1 Å². The molecule has 22 heavy (non-hydrogen) atoms. The van der Waals surface area contributed by atoms with Gasteiger partial charge in [-0.15, -0.1) is 0 Å². The van der Waals surface area contributed by atoms with Gasteiger partial charge in [-0.25, -0.2) is 0 Å². The standard InChI is InChI=1S/C15H15NO5S/c1-9(17)7-13-16(10-3-5-11(21-2)6-4-10)15(20)12(22-13)8-14(18)19/h3-7,12H,8H2,1-2H3,(H,18,19)/b13-7-/t12-/m1/s1. The van der Waals surface area contributed by atoms with Crippen molar-refractivity contribution in [3.05, 3.63) is 35.4 Å². The summed E-state index contributed by atoms with van der Waals surface area (Å²) < 4.78 is 5.07. The summed E-state index contributed by atoms with van der Waals surface area (Å²) in [5.41, 5.74) is 0.568. The van der Waals surface area contributed by atoms with Crippen LogP contribution in [0.5, 0.6) is 5.75 Å². The Balaban J connectivity index is 2.37. The average molecular weight is 321 g/mol. The summed E-state index contributed by atoms with van der Waals surface area (Å²) in [6.07, 6.45) is 1.06. The first-order valence-electron chi connectivity index (χ1n) is 6.51. The van der Waals surface area contributed by atoms with E-state index in [0.29, 0.717) is 16.5 Å². The molecule has 1 aromatic rings. The monoisotopic (exact) mass is 321 g/mol. The van der Waals surface area contributed by atoms with E-state index in [1.807, 2.05) is 0 Å². The number of carbonyl (C=O) groups excluding carboxylic acids is 2. The molecule has 6 nitrogen and oxygen atoms in total. The smallest absolute Gasteiger partial charge is 0.305 e. The van der Waals surface area contributed by atoms with Gasteiger partial charge in [0.15, 0.2) is 5.78 Å². The van der Waals surface area contributed by atoms with E-state index in [9.17, 15) is 14.4 Å². The van der Waals surface area contributed by atoms with Crippen LogP contribution in [-0.2, 0) is 14.4 Å². The number of rotatable bonds is 5. The molecule has 1 amide bonds. The molecule has 0 aromatic heterocycles. The zero-order chi connectivity index (χ0) is 16.3. The Morgan fingerprint density at radius 3 is 2.50 bits per heavy atom. The van der Waals surface area contributed by atoms with Gasteiger partial charge in [0, 0.05) is 11.8 Å². The first kappa shape index (κ1) is 16.1. The summed E-state index contributed by atoms with van der Waals surface area (Å²) in [7, 11) is 1.54. The first-order chi connectivity index (χ1) is 10.4. The molecule has 1 heterocycles. The number of amides is 1. The zero-order valence-electron chi connectivity index (χ0n) is 12.1. The quantitative estimate of drug-likeness (QED) is 0.836. The van der Waals surface area contributed by atoms with Gasteiger partial charge in [0.2, 0.25) is 5.91 Å². The molecule has 0 bridgehead atoms. The topological polar surface area (TPSA) is 83.9 Å². The van der Waals surface area contributed by atoms with Gasteiger partial charge < -0.3 is 9.84 Å². The Bertz CT molecular complexity index is 638. The van der Waals surface area contributed by atoms with E-state index in [1.165, 1.54) is 25.0 Å². The SMILES string of the molecule is COc1ccc(N2C(=O)[C@@H](CC(=O)O)S/C2=C\C(C)=O)cc1. The van der Waals surface area contributed by atoms with Crippen LogP contribution >= 0.6 is 11.8 Å². The number of carboxylic acids is 1. The molecule has 116 valence electrons. The second-order valence-electron chi connectivity index (χ2n) is 4.67. The normalized spacial score (nSPS) is 19.5. The second-order valence-corrected chi connectivity index (χ2v) is 5.89. The number of hydrogen-bond acceptors (Lipinski definition) is 5. The van der Waals surface area contributed by atoms with Crippen molar-refractivity contribution in [1.82, 2.24) is 0 Å². The Morgan fingerprint density at radius 2 is 2.00 bits per heavy atom. The molecule has 0 saturated carbocycles. The maximum absolute atomic E-state index is 12.4. The Hall–Kier alpha value is -2.28. The molecular weight excluding hydrogens is 306 g/mol. The highest BCUT2D eigenvalue weighted by Gasteiger charge is 2.39. The van der Waals surface area contributed by atoms with E-state index in [0.717, 1.165) is 11.8 Å². The van der Waals surface area contributed by atoms with Gasteiger partial charge in [-0.3, -0.25) is 19.3 Å². The number of nitrogens with zero attached hydrogens (tertiary/aromatic N) is 1. The number of carbonyl (C=O) groups is 3. The number of aliphatic carboxylic acids is 1. The minimum atomic E-state index is -1.05. The van der Waals surface area contributed by atoms with Crippen LogP contribution in [0.1, 0.15) is 13.3 Å². The second kappa shape index (κ2) is 6.65. The van der Waals surface area contributed by atoms with Crippen LogP contribution in [-0.4, -0.2) is 35.1 Å². The number of methoxy groups -OCH3 is 1. The fourth-order valence-electron chi connectivity index (χ4n) is 2.05. The third-order valence-electron chi connectivity index (χ3n) is 3.00. The molecule has 1 atom stereocenters. The highest BCUT2D eigenvalue weighted by molar-refractivity contribution is 8.05. The van der Waals surface area contributed by atoms with Gasteiger partial charge in [0.1, 0.15) is 11.0 Å². The molecule has 7 heteroatoms. The summed E-state index contributed by atoms with van der Waals surface area (Å²) in [6, 6.07) is 6.77. The number of allylic oxidation sites excluding steroid dienone is 1. The fourth-order valence-corrected chi connectivity index (χ4v) is 3.31. The van der Waals surface area contributed by atoms with Crippen LogP contribution in [0.3, 0.4) is 0 Å². The van der Waals surface area contributed by atoms with Gasteiger partial charge in [-0.1, -0.05) is 11.8 Å². The average Bonchev–Trinajstić information content (AvgIpc) is 2.74. The van der Waals surface area contributed by atoms with Crippen LogP contribution in [0.25, 0.3) is 0 Å². The van der Waals surface area contributed by atoms with Crippen molar-refractivity contribution in [2.24, 2.45) is 0 Å². The number of carboxylic acid groups (broad SMARTS) is 1. The lowest BCUT2D eigenvalue weighted by molar-refractivity contribution is -0.138. The highest BCUT2D eigenvalue weighted by atomic mass is 32.2. The lowest BCUT2D eigenvalue weighted by atomic mass is 10.2. The van der Waals surface area contributed by atoms with Crippen LogP contribution in [0.4, 0.5) is 5.69 Å². The maximum Gasteiger partial charge on any atom is 0.305 e. The Labute approximate surface area is 131 Å². The molecular formula is C15H15NO5S. The number of hydrogen-bond donors (Lipinski definition) is 1. The van der Waals surface area contributed by atoms with Crippen LogP contribution in [0, 0.1) is 0 Å². The lowest BCUT2D eigenvalue weighted by Gasteiger charge is -2.17. The van der Waals surface area contributed by atoms with Crippen molar-refractivity contribution in [2.75, 3.05) is 12.0 Å². The molecule has 2 rings (SSSR count). The lowest BCUT2D eigenvalue weighted by Crippen LogP contribution is -2.29. The van der Waals surface area contributed by atoms with E-state index in [2.05, 4.69) is 0 Å². The van der Waals surface area contributed by atoms with Gasteiger partial charge >= 0.3 is 5.97 Å². The minimum Gasteiger partial charge on any atom is -0.497 e. The largest absolute Gasteiger partial charge is 0.497 e. The van der Waals surface area contributed by atoms with Gasteiger partial charge in [-0.2, -0.15) is 0 Å². The van der Waals surface area contributed by atoms with E-state index in [1.54, 1.807) is 24.3 Å². The fraction of sp³-hybridized carbons (Fsp3) is 0.267. The summed E-state index contributed by atoms with van der Waals surface area (Å²) in [4.78, 5) is 36.0. The first-order valence-corrected chi connectivity index (χ1v) is 7.39. The Kier molecular flexibility index (Phi) is 4.87. The van der Waals surface area contributed by atoms with E-state index >= 15 is 0 Å². The number of ketones is 1. The van der Waals surface area contributed by atoms with Crippen LogP contribution < -0.4 is 9.64 Å². The molecule has 1 aliphatic rings. The molecule has 1 aliphatic heterocycles. The van der Waals surface area contributed by atoms with E-state index < -0.39 is 11.2 Å². The molecule has 1 saturated heterocycles. The maximum atomic E-state index is 12.4. The van der Waals surface area contributed by atoms with Gasteiger partial charge in [0.05, 0.1) is 18.6 Å². The third kappa shape index (κ3) is 3.48. The van der Waals surface area contributed by atoms with Crippen molar-refractivity contribution in [3.8, 4) is 5.75 Å².